The van der Waals surface area contributed by atoms with Crippen molar-refractivity contribution in [3.63, 3.8) is 0 Å². The second-order valence-electron chi connectivity index (χ2n) is 7.05. The molecule has 2 fully saturated rings. The third-order valence-electron chi connectivity index (χ3n) is 5.56. The van der Waals surface area contributed by atoms with Crippen molar-refractivity contribution in [1.82, 2.24) is 14.4 Å². The van der Waals surface area contributed by atoms with Crippen molar-refractivity contribution < 1.29 is 9.59 Å². The van der Waals surface area contributed by atoms with Gasteiger partial charge in [-0.05, 0) is 37.3 Å². The summed E-state index contributed by atoms with van der Waals surface area (Å²) < 4.78 is 2.09. The van der Waals surface area contributed by atoms with Gasteiger partial charge in [-0.15, -0.1) is 0 Å². The highest BCUT2D eigenvalue weighted by molar-refractivity contribution is 5.86. The van der Waals surface area contributed by atoms with Gasteiger partial charge >= 0.3 is 0 Å². The standard InChI is InChI=1S/C19H23N3O2/c1-13-10-14-6-3-4-8-16(14)22(13)12-18(23)21-9-5-7-15-17(21)11-20(2)19(15)24/h3-4,6,8,10,15,17H,5,7,9,11-12H2,1-2H3/t15-,17-/m1/s1. The molecule has 2 saturated heterocycles. The third kappa shape index (κ3) is 2.30. The highest BCUT2D eigenvalue weighted by atomic mass is 16.2. The predicted molar refractivity (Wildman–Crippen MR) is 92.5 cm³/mol. The third-order valence-corrected chi connectivity index (χ3v) is 5.56. The summed E-state index contributed by atoms with van der Waals surface area (Å²) in [6, 6.07) is 10.3. The van der Waals surface area contributed by atoms with Crippen LogP contribution in [0.4, 0.5) is 0 Å². The first-order valence-corrected chi connectivity index (χ1v) is 8.65. The topological polar surface area (TPSA) is 45.6 Å². The molecule has 0 bridgehead atoms. The molecule has 3 heterocycles. The average molecular weight is 325 g/mol. The smallest absolute Gasteiger partial charge is 0.242 e. The number of likely N-dealkylation sites (tertiary alicyclic amines) is 2. The summed E-state index contributed by atoms with van der Waals surface area (Å²) in [7, 11) is 1.84. The SMILES string of the molecule is Cc1cc2ccccc2n1CC(=O)N1CCC[C@H]2C(=O)N(C)C[C@H]21. The lowest BCUT2D eigenvalue weighted by molar-refractivity contribution is -0.137. The van der Waals surface area contributed by atoms with E-state index in [1.54, 1.807) is 4.90 Å². The van der Waals surface area contributed by atoms with Crippen LogP contribution in [0.25, 0.3) is 10.9 Å². The molecule has 24 heavy (non-hydrogen) atoms. The largest absolute Gasteiger partial charge is 0.343 e. The van der Waals surface area contributed by atoms with Gasteiger partial charge in [-0.2, -0.15) is 0 Å². The average Bonchev–Trinajstić information content (AvgIpc) is 3.05. The Balaban J connectivity index is 1.59. The fourth-order valence-electron chi connectivity index (χ4n) is 4.32. The molecule has 2 atom stereocenters. The Kier molecular flexibility index (Phi) is 3.59. The first-order chi connectivity index (χ1) is 11.6. The van der Waals surface area contributed by atoms with Crippen LogP contribution in [0.2, 0.25) is 0 Å². The van der Waals surface area contributed by atoms with Crippen molar-refractivity contribution in [3.8, 4) is 0 Å². The number of para-hydroxylation sites is 1. The minimum absolute atomic E-state index is 0.00444. The van der Waals surface area contributed by atoms with Crippen molar-refractivity contribution in [2.24, 2.45) is 5.92 Å². The second-order valence-corrected chi connectivity index (χ2v) is 7.05. The maximum atomic E-state index is 13.0. The number of hydrogen-bond acceptors (Lipinski definition) is 2. The van der Waals surface area contributed by atoms with Gasteiger partial charge in [-0.3, -0.25) is 9.59 Å². The molecule has 4 rings (SSSR count). The molecule has 126 valence electrons. The first-order valence-electron chi connectivity index (χ1n) is 8.65. The number of carbonyl (C=O) groups excluding carboxylic acids is 2. The maximum Gasteiger partial charge on any atom is 0.242 e. The summed E-state index contributed by atoms with van der Waals surface area (Å²) in [6.07, 6.45) is 1.82. The molecule has 0 saturated carbocycles. The molecule has 0 aliphatic carbocycles. The highest BCUT2D eigenvalue weighted by Gasteiger charge is 2.45. The normalized spacial score (nSPS) is 23.8. The summed E-state index contributed by atoms with van der Waals surface area (Å²) in [6.45, 7) is 3.82. The number of aromatic nitrogens is 1. The predicted octanol–water partition coefficient (Wildman–Crippen LogP) is 2.03. The van der Waals surface area contributed by atoms with Crippen LogP contribution in [-0.4, -0.2) is 52.4 Å². The zero-order valence-electron chi connectivity index (χ0n) is 14.2. The van der Waals surface area contributed by atoms with Crippen LogP contribution < -0.4 is 0 Å². The Bertz CT molecular complexity index is 810. The van der Waals surface area contributed by atoms with Crippen LogP contribution in [0.15, 0.2) is 30.3 Å². The first kappa shape index (κ1) is 15.2. The van der Waals surface area contributed by atoms with Gasteiger partial charge in [0.15, 0.2) is 0 Å². The van der Waals surface area contributed by atoms with E-state index in [2.05, 4.69) is 22.8 Å². The molecule has 2 aliphatic heterocycles. The number of fused-ring (bicyclic) bond motifs is 2. The molecule has 1 aromatic heterocycles. The molecule has 0 unspecified atom stereocenters. The summed E-state index contributed by atoms with van der Waals surface area (Å²) >= 11 is 0. The molecule has 2 aliphatic rings. The van der Waals surface area contributed by atoms with Gasteiger partial charge in [0.1, 0.15) is 6.54 Å². The zero-order chi connectivity index (χ0) is 16.8. The molecular formula is C19H23N3O2. The molecule has 2 amide bonds. The monoisotopic (exact) mass is 325 g/mol. The Hall–Kier alpha value is -2.30. The van der Waals surface area contributed by atoms with Crippen LogP contribution in [0, 0.1) is 12.8 Å². The second kappa shape index (κ2) is 5.65. The van der Waals surface area contributed by atoms with Crippen LogP contribution in [0.5, 0.6) is 0 Å². The summed E-state index contributed by atoms with van der Waals surface area (Å²) in [4.78, 5) is 29.0. The molecule has 0 N–H and O–H groups in total. The molecule has 1 aromatic carbocycles. The van der Waals surface area contributed by atoms with Crippen molar-refractivity contribution in [2.45, 2.75) is 32.4 Å². The minimum atomic E-state index is -0.00444. The van der Waals surface area contributed by atoms with Crippen LogP contribution in [0.1, 0.15) is 18.5 Å². The van der Waals surface area contributed by atoms with Gasteiger partial charge in [0.05, 0.1) is 12.0 Å². The Labute approximate surface area is 141 Å². The molecule has 0 spiro atoms. The van der Waals surface area contributed by atoms with E-state index in [0.717, 1.165) is 36.0 Å². The van der Waals surface area contributed by atoms with Gasteiger partial charge in [-0.1, -0.05) is 18.2 Å². The van der Waals surface area contributed by atoms with Gasteiger partial charge in [0.2, 0.25) is 11.8 Å². The van der Waals surface area contributed by atoms with Crippen molar-refractivity contribution in [1.29, 1.82) is 0 Å². The maximum absolute atomic E-state index is 13.0. The van der Waals surface area contributed by atoms with Gasteiger partial charge in [0.25, 0.3) is 0 Å². The quantitative estimate of drug-likeness (QED) is 0.848. The number of rotatable bonds is 2. The van der Waals surface area contributed by atoms with E-state index >= 15 is 0 Å². The Morgan fingerprint density at radius 2 is 2.08 bits per heavy atom. The number of nitrogens with zero attached hydrogens (tertiary/aromatic N) is 3. The zero-order valence-corrected chi connectivity index (χ0v) is 14.2. The van der Waals surface area contributed by atoms with E-state index in [1.807, 2.05) is 31.0 Å². The van der Waals surface area contributed by atoms with Crippen molar-refractivity contribution >= 4 is 22.7 Å². The summed E-state index contributed by atoms with van der Waals surface area (Å²) in [5.74, 6) is 0.313. The molecular weight excluding hydrogens is 302 g/mol. The van der Waals surface area contributed by atoms with Crippen LogP contribution in [-0.2, 0) is 16.1 Å². The number of aryl methyl sites for hydroxylation is 1. The summed E-state index contributed by atoms with van der Waals surface area (Å²) in [5, 5.41) is 1.16. The number of carbonyl (C=O) groups is 2. The molecule has 5 nitrogen and oxygen atoms in total. The number of likely N-dealkylation sites (N-methyl/N-ethyl adjacent to an activating group) is 1. The minimum Gasteiger partial charge on any atom is -0.343 e. The van der Waals surface area contributed by atoms with Crippen LogP contribution >= 0.6 is 0 Å². The fourth-order valence-corrected chi connectivity index (χ4v) is 4.32. The molecule has 5 heteroatoms. The van der Waals surface area contributed by atoms with Crippen molar-refractivity contribution in [3.05, 3.63) is 36.0 Å². The van der Waals surface area contributed by atoms with Crippen molar-refractivity contribution in [2.75, 3.05) is 20.1 Å². The summed E-state index contributed by atoms with van der Waals surface area (Å²) in [5.41, 5.74) is 2.19. The van der Waals surface area contributed by atoms with E-state index in [-0.39, 0.29) is 23.8 Å². The molecule has 0 radical (unpaired) electrons. The Morgan fingerprint density at radius 3 is 2.92 bits per heavy atom. The van der Waals surface area contributed by atoms with E-state index in [1.165, 1.54) is 0 Å². The van der Waals surface area contributed by atoms with Gasteiger partial charge < -0.3 is 14.4 Å². The number of hydrogen-bond donors (Lipinski definition) is 0. The number of benzene rings is 1. The highest BCUT2D eigenvalue weighted by Crippen LogP contribution is 2.31. The lowest BCUT2D eigenvalue weighted by Crippen LogP contribution is -2.49. The van der Waals surface area contributed by atoms with E-state index in [9.17, 15) is 9.59 Å². The van der Waals surface area contributed by atoms with Gasteiger partial charge in [-0.25, -0.2) is 0 Å². The van der Waals surface area contributed by atoms with Gasteiger partial charge in [0, 0.05) is 31.3 Å². The number of amides is 2. The fraction of sp³-hybridized carbons (Fsp3) is 0.474. The van der Waals surface area contributed by atoms with E-state index < -0.39 is 0 Å². The number of piperidine rings is 1. The lowest BCUT2D eigenvalue weighted by Gasteiger charge is -2.36. The molecule has 2 aromatic rings. The Morgan fingerprint density at radius 1 is 1.29 bits per heavy atom. The lowest BCUT2D eigenvalue weighted by atomic mass is 9.91. The van der Waals surface area contributed by atoms with E-state index in [4.69, 9.17) is 0 Å². The van der Waals surface area contributed by atoms with E-state index in [0.29, 0.717) is 13.1 Å². The van der Waals surface area contributed by atoms with Crippen LogP contribution in [0.3, 0.4) is 0 Å².